The Morgan fingerprint density at radius 3 is 2.31 bits per heavy atom. The lowest BCUT2D eigenvalue weighted by atomic mass is 10.0. The lowest BCUT2D eigenvalue weighted by Gasteiger charge is -2.40. The third kappa shape index (κ3) is 4.21. The number of rotatable bonds is 9. The molecule has 1 amide bonds. The molecule has 0 aliphatic carbocycles. The SMILES string of the molecule is CCOC1CN(c2ccc(-c3cc([N+](=O)[O-])cnc3N3CC(OCC)C3)c(C(N)=O)n2)C1. The Kier molecular flexibility index (Phi) is 6.19. The molecule has 2 aliphatic heterocycles. The summed E-state index contributed by atoms with van der Waals surface area (Å²) in [6.07, 6.45) is 1.42. The van der Waals surface area contributed by atoms with Crippen LogP contribution in [0.4, 0.5) is 17.3 Å². The van der Waals surface area contributed by atoms with Gasteiger partial charge >= 0.3 is 0 Å². The highest BCUT2D eigenvalue weighted by molar-refractivity contribution is 6.00. The first kappa shape index (κ1) is 21.9. The van der Waals surface area contributed by atoms with E-state index in [1.165, 1.54) is 12.3 Å². The fourth-order valence-corrected chi connectivity index (χ4v) is 3.95. The van der Waals surface area contributed by atoms with Gasteiger partial charge in [-0.05, 0) is 26.0 Å². The van der Waals surface area contributed by atoms with Gasteiger partial charge in [0.15, 0.2) is 0 Å². The summed E-state index contributed by atoms with van der Waals surface area (Å²) in [5.41, 5.74) is 6.38. The van der Waals surface area contributed by atoms with E-state index < -0.39 is 10.8 Å². The maximum Gasteiger partial charge on any atom is 0.288 e. The van der Waals surface area contributed by atoms with Crippen molar-refractivity contribution in [2.75, 3.05) is 49.2 Å². The van der Waals surface area contributed by atoms with Gasteiger partial charge in [0.2, 0.25) is 0 Å². The molecule has 2 aliphatic rings. The molecule has 2 aromatic rings. The Balaban J connectivity index is 1.69. The van der Waals surface area contributed by atoms with Gasteiger partial charge in [-0.15, -0.1) is 0 Å². The van der Waals surface area contributed by atoms with E-state index in [9.17, 15) is 14.9 Å². The predicted octanol–water partition coefficient (Wildman–Crippen LogP) is 1.60. The van der Waals surface area contributed by atoms with Gasteiger partial charge in [0.25, 0.3) is 11.6 Å². The molecule has 32 heavy (non-hydrogen) atoms. The van der Waals surface area contributed by atoms with Gasteiger partial charge in [-0.1, -0.05) is 0 Å². The van der Waals surface area contributed by atoms with Crippen LogP contribution < -0.4 is 15.5 Å². The van der Waals surface area contributed by atoms with Gasteiger partial charge < -0.3 is 25.0 Å². The first-order chi connectivity index (χ1) is 15.4. The van der Waals surface area contributed by atoms with E-state index in [0.717, 1.165) is 0 Å². The minimum Gasteiger partial charge on any atom is -0.375 e. The Bertz CT molecular complexity index is 1020. The van der Waals surface area contributed by atoms with Crippen molar-refractivity contribution in [2.45, 2.75) is 26.1 Å². The van der Waals surface area contributed by atoms with Crippen LogP contribution >= 0.6 is 0 Å². The average Bonchev–Trinajstić information content (AvgIpc) is 2.72. The van der Waals surface area contributed by atoms with E-state index in [4.69, 9.17) is 15.2 Å². The maximum atomic E-state index is 12.3. The normalized spacial score (nSPS) is 16.6. The van der Waals surface area contributed by atoms with Crippen LogP contribution in [-0.4, -0.2) is 72.4 Å². The molecule has 0 radical (unpaired) electrons. The molecule has 2 aromatic heterocycles. The van der Waals surface area contributed by atoms with Crippen molar-refractivity contribution in [2.24, 2.45) is 5.73 Å². The number of primary amides is 1. The molecule has 4 heterocycles. The first-order valence-electron chi connectivity index (χ1n) is 10.6. The standard InChI is InChI=1S/C21H26N6O5/c1-3-31-14-9-25(10-14)18-6-5-16(19(24-18)20(22)28)17-7-13(27(29)30)8-23-21(17)26-11-15(12-26)32-4-2/h5-8,14-15H,3-4,9-12H2,1-2H3,(H2,22,28). The highest BCUT2D eigenvalue weighted by Crippen LogP contribution is 2.37. The third-order valence-electron chi connectivity index (χ3n) is 5.59. The van der Waals surface area contributed by atoms with Crippen LogP contribution in [0.5, 0.6) is 0 Å². The zero-order valence-corrected chi connectivity index (χ0v) is 18.1. The van der Waals surface area contributed by atoms with Crippen LogP contribution in [0.25, 0.3) is 11.1 Å². The number of ether oxygens (including phenoxy) is 2. The van der Waals surface area contributed by atoms with Gasteiger partial charge in [0.1, 0.15) is 23.5 Å². The highest BCUT2D eigenvalue weighted by Gasteiger charge is 2.33. The van der Waals surface area contributed by atoms with Crippen molar-refractivity contribution in [3.05, 3.63) is 40.2 Å². The number of hydrogen-bond donors (Lipinski definition) is 1. The number of hydrogen-bond acceptors (Lipinski definition) is 9. The van der Waals surface area contributed by atoms with Gasteiger partial charge in [-0.2, -0.15) is 0 Å². The molecule has 0 bridgehead atoms. The van der Waals surface area contributed by atoms with E-state index in [1.54, 1.807) is 12.1 Å². The van der Waals surface area contributed by atoms with Gasteiger partial charge in [-0.3, -0.25) is 14.9 Å². The minimum absolute atomic E-state index is 0.0489. The lowest BCUT2D eigenvalue weighted by molar-refractivity contribution is -0.385. The van der Waals surface area contributed by atoms with Gasteiger partial charge in [-0.25, -0.2) is 9.97 Å². The maximum absolute atomic E-state index is 12.3. The van der Waals surface area contributed by atoms with Crippen molar-refractivity contribution in [1.82, 2.24) is 9.97 Å². The minimum atomic E-state index is -0.711. The quantitative estimate of drug-likeness (QED) is 0.453. The molecule has 0 unspecified atom stereocenters. The summed E-state index contributed by atoms with van der Waals surface area (Å²) < 4.78 is 11.2. The summed E-state index contributed by atoms with van der Waals surface area (Å²) in [6, 6.07) is 4.92. The van der Waals surface area contributed by atoms with Crippen LogP contribution in [0.15, 0.2) is 24.4 Å². The molecule has 2 fully saturated rings. The number of carbonyl (C=O) groups excluding carboxylic acids is 1. The van der Waals surface area contributed by atoms with Crippen LogP contribution in [0.2, 0.25) is 0 Å². The van der Waals surface area contributed by atoms with Crippen LogP contribution in [-0.2, 0) is 9.47 Å². The number of nitrogens with zero attached hydrogens (tertiary/aromatic N) is 5. The van der Waals surface area contributed by atoms with Crippen molar-refractivity contribution in [3.63, 3.8) is 0 Å². The fourth-order valence-electron chi connectivity index (χ4n) is 3.95. The first-order valence-corrected chi connectivity index (χ1v) is 10.6. The van der Waals surface area contributed by atoms with Crippen molar-refractivity contribution < 1.29 is 19.2 Å². The summed E-state index contributed by atoms with van der Waals surface area (Å²) in [4.78, 5) is 35.9. The van der Waals surface area contributed by atoms with Crippen molar-refractivity contribution >= 4 is 23.2 Å². The van der Waals surface area contributed by atoms with E-state index in [2.05, 4.69) is 9.97 Å². The number of anilines is 2. The van der Waals surface area contributed by atoms with Gasteiger partial charge in [0, 0.05) is 56.6 Å². The molecule has 0 spiro atoms. The van der Waals surface area contributed by atoms with E-state index in [1.807, 2.05) is 23.6 Å². The molecular formula is C21H26N6O5. The number of amides is 1. The van der Waals surface area contributed by atoms with Gasteiger partial charge in [0.05, 0.1) is 17.1 Å². The van der Waals surface area contributed by atoms with Crippen molar-refractivity contribution in [3.8, 4) is 11.1 Å². The monoisotopic (exact) mass is 442 g/mol. The molecule has 0 aromatic carbocycles. The smallest absolute Gasteiger partial charge is 0.288 e. The number of nitro groups is 1. The molecular weight excluding hydrogens is 416 g/mol. The second kappa shape index (κ2) is 9.05. The predicted molar refractivity (Wildman–Crippen MR) is 118 cm³/mol. The summed E-state index contributed by atoms with van der Waals surface area (Å²) in [5.74, 6) is 0.430. The Labute approximate surface area is 185 Å². The summed E-state index contributed by atoms with van der Waals surface area (Å²) in [6.45, 7) is 7.69. The van der Waals surface area contributed by atoms with Crippen LogP contribution in [0, 0.1) is 10.1 Å². The molecule has 0 atom stereocenters. The second-order valence-electron chi connectivity index (χ2n) is 7.72. The zero-order valence-electron chi connectivity index (χ0n) is 18.1. The van der Waals surface area contributed by atoms with Crippen molar-refractivity contribution in [1.29, 1.82) is 0 Å². The molecule has 4 rings (SSSR count). The van der Waals surface area contributed by atoms with Crippen LogP contribution in [0.1, 0.15) is 24.3 Å². The molecule has 0 saturated carbocycles. The molecule has 2 N–H and O–H groups in total. The van der Waals surface area contributed by atoms with E-state index in [-0.39, 0.29) is 23.6 Å². The summed E-state index contributed by atoms with van der Waals surface area (Å²) >= 11 is 0. The van der Waals surface area contributed by atoms with Crippen LogP contribution in [0.3, 0.4) is 0 Å². The number of carbonyl (C=O) groups is 1. The third-order valence-corrected chi connectivity index (χ3v) is 5.59. The second-order valence-corrected chi connectivity index (χ2v) is 7.72. The zero-order chi connectivity index (χ0) is 22.8. The fraction of sp³-hybridized carbons (Fsp3) is 0.476. The van der Waals surface area contributed by atoms with E-state index >= 15 is 0 Å². The molecule has 11 heteroatoms. The number of pyridine rings is 2. The Hall–Kier alpha value is -3.31. The highest BCUT2D eigenvalue weighted by atomic mass is 16.6. The summed E-state index contributed by atoms with van der Waals surface area (Å²) in [5, 5.41) is 11.4. The lowest BCUT2D eigenvalue weighted by Crippen LogP contribution is -2.53. The van der Waals surface area contributed by atoms with E-state index in [0.29, 0.717) is 62.2 Å². The molecule has 11 nitrogen and oxygen atoms in total. The Morgan fingerprint density at radius 2 is 1.75 bits per heavy atom. The average molecular weight is 442 g/mol. The largest absolute Gasteiger partial charge is 0.375 e. The molecule has 2 saturated heterocycles. The Morgan fingerprint density at radius 1 is 1.12 bits per heavy atom. The topological polar surface area (TPSA) is 137 Å². The molecule has 170 valence electrons. The number of aromatic nitrogens is 2. The summed E-state index contributed by atoms with van der Waals surface area (Å²) in [7, 11) is 0. The number of nitrogens with two attached hydrogens (primary N) is 1.